The Kier molecular flexibility index (Phi) is 2.72. The van der Waals surface area contributed by atoms with Gasteiger partial charge in [0.2, 0.25) is 5.95 Å². The van der Waals surface area contributed by atoms with Crippen LogP contribution in [0.15, 0.2) is 18.3 Å². The van der Waals surface area contributed by atoms with E-state index in [1.165, 1.54) is 12.3 Å². The Hall–Kier alpha value is -1.25. The van der Waals surface area contributed by atoms with E-state index in [9.17, 15) is 9.18 Å². The first-order valence-electron chi connectivity index (χ1n) is 3.28. The van der Waals surface area contributed by atoms with Gasteiger partial charge in [-0.25, -0.2) is 4.98 Å². The molecule has 0 fully saturated rings. The van der Waals surface area contributed by atoms with E-state index >= 15 is 0 Å². The minimum atomic E-state index is -0.496. The van der Waals surface area contributed by atoms with E-state index in [-0.39, 0.29) is 0 Å². The fourth-order valence-electron chi connectivity index (χ4n) is 0.750. The molecule has 0 unspecified atom stereocenters. The van der Waals surface area contributed by atoms with Gasteiger partial charge in [0, 0.05) is 12.6 Å². The number of hydrogen-bond acceptors (Lipinski definition) is 2. The summed E-state index contributed by atoms with van der Waals surface area (Å²) < 4.78 is 12.2. The zero-order chi connectivity index (χ0) is 8.10. The van der Waals surface area contributed by atoms with Crippen LogP contribution >= 0.6 is 0 Å². The van der Waals surface area contributed by atoms with Crippen LogP contribution in [0.4, 0.5) is 4.39 Å². The average molecular weight is 152 g/mol. The van der Waals surface area contributed by atoms with Crippen molar-refractivity contribution < 1.29 is 9.18 Å². The molecule has 1 aromatic heterocycles. The van der Waals surface area contributed by atoms with Gasteiger partial charge in [0.15, 0.2) is 6.29 Å². The van der Waals surface area contributed by atoms with Crippen LogP contribution in [-0.4, -0.2) is 11.3 Å². The molecule has 11 heavy (non-hydrogen) atoms. The van der Waals surface area contributed by atoms with E-state index in [0.29, 0.717) is 12.8 Å². The van der Waals surface area contributed by atoms with Gasteiger partial charge in [0.1, 0.15) is 0 Å². The molecule has 0 bridgehead atoms. The van der Waals surface area contributed by atoms with Gasteiger partial charge in [-0.1, -0.05) is 6.07 Å². The lowest BCUT2D eigenvalue weighted by Crippen LogP contribution is -1.88. The predicted molar refractivity (Wildman–Crippen MR) is 38.2 cm³/mol. The van der Waals surface area contributed by atoms with Crippen LogP contribution in [0.3, 0.4) is 0 Å². The summed E-state index contributed by atoms with van der Waals surface area (Å²) in [6, 6.07) is 2.89. The molecule has 0 saturated carbocycles. The standard InChI is InChI=1S/C8H7FNO/c9-8-4-3-7(6-10-8)2-1-5-11/h3-4,6H,1-2H2. The lowest BCUT2D eigenvalue weighted by Gasteiger charge is -1.93. The summed E-state index contributed by atoms with van der Waals surface area (Å²) in [5.41, 5.74) is 0.856. The van der Waals surface area contributed by atoms with Gasteiger partial charge in [0.05, 0.1) is 0 Å². The molecule has 0 atom stereocenters. The first kappa shape index (κ1) is 7.85. The number of rotatable bonds is 3. The summed E-state index contributed by atoms with van der Waals surface area (Å²) in [4.78, 5) is 13.3. The Bertz CT molecular complexity index is 232. The van der Waals surface area contributed by atoms with Crippen LogP contribution in [0.2, 0.25) is 0 Å². The smallest absolute Gasteiger partial charge is 0.212 e. The van der Waals surface area contributed by atoms with Gasteiger partial charge < -0.3 is 0 Å². The van der Waals surface area contributed by atoms with E-state index in [4.69, 9.17) is 0 Å². The molecule has 1 radical (unpaired) electrons. The summed E-state index contributed by atoms with van der Waals surface area (Å²) in [6.07, 6.45) is 4.10. The third kappa shape index (κ3) is 2.45. The van der Waals surface area contributed by atoms with E-state index in [1.54, 1.807) is 12.4 Å². The van der Waals surface area contributed by atoms with Crippen molar-refractivity contribution in [1.82, 2.24) is 4.98 Å². The van der Waals surface area contributed by atoms with Crippen molar-refractivity contribution >= 4 is 6.29 Å². The largest absolute Gasteiger partial charge is 0.291 e. The first-order valence-corrected chi connectivity index (χ1v) is 3.28. The van der Waals surface area contributed by atoms with Gasteiger partial charge in [-0.3, -0.25) is 4.79 Å². The van der Waals surface area contributed by atoms with Crippen molar-refractivity contribution in [2.24, 2.45) is 0 Å². The van der Waals surface area contributed by atoms with E-state index in [0.717, 1.165) is 5.56 Å². The van der Waals surface area contributed by atoms with Crippen LogP contribution in [0.1, 0.15) is 12.0 Å². The third-order valence-electron chi connectivity index (χ3n) is 1.30. The third-order valence-corrected chi connectivity index (χ3v) is 1.30. The highest BCUT2D eigenvalue weighted by Crippen LogP contribution is 2.00. The molecule has 2 nitrogen and oxygen atoms in total. The van der Waals surface area contributed by atoms with Gasteiger partial charge >= 0.3 is 0 Å². The van der Waals surface area contributed by atoms with Crippen molar-refractivity contribution in [3.63, 3.8) is 0 Å². The van der Waals surface area contributed by atoms with Crippen molar-refractivity contribution in [1.29, 1.82) is 0 Å². The lowest BCUT2D eigenvalue weighted by molar-refractivity contribution is 0.551. The summed E-state index contributed by atoms with van der Waals surface area (Å²) in [7, 11) is 0. The molecule has 0 saturated heterocycles. The number of nitrogens with zero attached hydrogens (tertiary/aromatic N) is 1. The normalized spacial score (nSPS) is 9.55. The highest BCUT2D eigenvalue weighted by molar-refractivity contribution is 5.50. The molecule has 1 heterocycles. The minimum Gasteiger partial charge on any atom is -0.291 e. The zero-order valence-corrected chi connectivity index (χ0v) is 5.88. The van der Waals surface area contributed by atoms with Crippen molar-refractivity contribution in [2.45, 2.75) is 12.8 Å². The monoisotopic (exact) mass is 152 g/mol. The number of pyridine rings is 1. The highest BCUT2D eigenvalue weighted by atomic mass is 19.1. The van der Waals surface area contributed by atoms with E-state index < -0.39 is 5.95 Å². The molecular formula is C8H7FNO. The molecule has 0 aliphatic heterocycles. The SMILES string of the molecule is O=[C]CCc1ccc(F)nc1. The number of hydrogen-bond donors (Lipinski definition) is 0. The molecule has 0 N–H and O–H groups in total. The van der Waals surface area contributed by atoms with Gasteiger partial charge in [-0.05, 0) is 18.1 Å². The topological polar surface area (TPSA) is 30.0 Å². The molecule has 0 amide bonds. The second-order valence-electron chi connectivity index (χ2n) is 2.13. The van der Waals surface area contributed by atoms with Crippen LogP contribution < -0.4 is 0 Å². The van der Waals surface area contributed by atoms with Crippen LogP contribution in [0.5, 0.6) is 0 Å². The van der Waals surface area contributed by atoms with E-state index in [2.05, 4.69) is 4.98 Å². The molecule has 1 rings (SSSR count). The second kappa shape index (κ2) is 3.81. The fourth-order valence-corrected chi connectivity index (χ4v) is 0.750. The minimum absolute atomic E-state index is 0.341. The number of halogens is 1. The molecule has 0 spiro atoms. The number of carbonyl (C=O) groups excluding carboxylic acids is 1. The maximum absolute atomic E-state index is 12.2. The predicted octanol–water partition coefficient (Wildman–Crippen LogP) is 1.26. The number of aromatic nitrogens is 1. The van der Waals surface area contributed by atoms with Gasteiger partial charge in [-0.15, -0.1) is 0 Å². The molecular weight excluding hydrogens is 145 g/mol. The zero-order valence-electron chi connectivity index (χ0n) is 5.88. The lowest BCUT2D eigenvalue weighted by atomic mass is 10.2. The molecule has 0 aliphatic rings. The van der Waals surface area contributed by atoms with E-state index in [1.807, 2.05) is 0 Å². The average Bonchev–Trinajstić information content (AvgIpc) is 2.04. The van der Waals surface area contributed by atoms with Crippen LogP contribution in [0, 0.1) is 5.95 Å². The molecule has 57 valence electrons. The maximum atomic E-state index is 12.2. The molecule has 3 heteroatoms. The molecule has 1 aromatic rings. The van der Waals surface area contributed by atoms with Crippen molar-refractivity contribution in [3.8, 4) is 0 Å². The van der Waals surface area contributed by atoms with Crippen molar-refractivity contribution in [3.05, 3.63) is 29.8 Å². The molecule has 0 aromatic carbocycles. The quantitative estimate of drug-likeness (QED) is 0.610. The summed E-state index contributed by atoms with van der Waals surface area (Å²) >= 11 is 0. The van der Waals surface area contributed by atoms with Crippen molar-refractivity contribution in [2.75, 3.05) is 0 Å². The van der Waals surface area contributed by atoms with Crippen LogP contribution in [0.25, 0.3) is 0 Å². The fraction of sp³-hybridized carbons (Fsp3) is 0.250. The maximum Gasteiger partial charge on any atom is 0.212 e. The Morgan fingerprint density at radius 3 is 2.91 bits per heavy atom. The molecule has 0 aliphatic carbocycles. The summed E-state index contributed by atoms with van der Waals surface area (Å²) in [6.45, 7) is 0. The Balaban J connectivity index is 2.58. The Labute approximate surface area is 64.1 Å². The summed E-state index contributed by atoms with van der Waals surface area (Å²) in [5.74, 6) is -0.496. The second-order valence-corrected chi connectivity index (χ2v) is 2.13. The first-order chi connectivity index (χ1) is 5.33. The highest BCUT2D eigenvalue weighted by Gasteiger charge is 1.93. The number of aryl methyl sites for hydroxylation is 1. The van der Waals surface area contributed by atoms with Gasteiger partial charge in [0.25, 0.3) is 0 Å². The Morgan fingerprint density at radius 2 is 2.36 bits per heavy atom. The summed E-state index contributed by atoms with van der Waals surface area (Å²) in [5, 5.41) is 0. The van der Waals surface area contributed by atoms with Gasteiger partial charge in [-0.2, -0.15) is 4.39 Å². The van der Waals surface area contributed by atoms with Crippen LogP contribution in [-0.2, 0) is 11.2 Å². The Morgan fingerprint density at radius 1 is 1.55 bits per heavy atom.